The highest BCUT2D eigenvalue weighted by Crippen LogP contribution is 2.51. The molecule has 0 radical (unpaired) electrons. The zero-order chi connectivity index (χ0) is 27.6. The lowest BCUT2D eigenvalue weighted by molar-refractivity contribution is -0.150. The van der Waals surface area contributed by atoms with Crippen molar-refractivity contribution >= 4 is 23.9 Å². The van der Waals surface area contributed by atoms with Crippen molar-refractivity contribution in [1.29, 1.82) is 0 Å². The van der Waals surface area contributed by atoms with E-state index in [9.17, 15) is 33.1 Å². The third-order valence-electron chi connectivity index (χ3n) is 7.03. The molecule has 3 fully saturated rings. The summed E-state index contributed by atoms with van der Waals surface area (Å²) in [6.07, 6.45) is -1.73. The van der Waals surface area contributed by atoms with Gasteiger partial charge in [-0.1, -0.05) is 12.8 Å². The van der Waals surface area contributed by atoms with Crippen molar-refractivity contribution in [2.24, 2.45) is 5.92 Å². The first kappa shape index (κ1) is 29.1. The molecule has 2 heterocycles. The molecule has 12 heteroatoms. The van der Waals surface area contributed by atoms with Crippen molar-refractivity contribution in [3.8, 4) is 0 Å². The number of alkyl carbamates (subject to hydrolysis) is 1. The Balaban J connectivity index is 1.88. The van der Waals surface area contributed by atoms with Gasteiger partial charge in [0.1, 0.15) is 23.2 Å². The summed E-state index contributed by atoms with van der Waals surface area (Å²) in [7, 11) is 0. The quantitative estimate of drug-likeness (QED) is 0.476. The summed E-state index contributed by atoms with van der Waals surface area (Å²) < 4.78 is 39.9. The number of fused-ring (bicyclic) bond motifs is 2. The zero-order valence-electron chi connectivity index (χ0n) is 22.0. The molecule has 3 N–H and O–H groups in total. The summed E-state index contributed by atoms with van der Waals surface area (Å²) >= 11 is 0. The number of esters is 1. The molecule has 0 aromatic rings. The van der Waals surface area contributed by atoms with Crippen LogP contribution in [0.4, 0.5) is 13.6 Å². The normalized spacial score (nSPS) is 32.7. The maximum Gasteiger partial charge on any atom is 0.408 e. The Kier molecular flexibility index (Phi) is 8.71. The largest absolute Gasteiger partial charge is 0.464 e. The number of aliphatic hydroxyl groups is 1. The first-order chi connectivity index (χ1) is 17.2. The minimum absolute atomic E-state index is 0.0131. The smallest absolute Gasteiger partial charge is 0.408 e. The lowest BCUT2D eigenvalue weighted by atomic mass is 10.0. The molecule has 3 amide bonds. The number of amides is 3. The van der Waals surface area contributed by atoms with E-state index < -0.39 is 77.9 Å². The lowest BCUT2D eigenvalue weighted by Gasteiger charge is -2.30. The second-order valence-corrected chi connectivity index (χ2v) is 11.3. The summed E-state index contributed by atoms with van der Waals surface area (Å²) in [5.41, 5.74) is -2.40. The van der Waals surface area contributed by atoms with Crippen LogP contribution < -0.4 is 10.6 Å². The Bertz CT molecular complexity index is 894. The fourth-order valence-electron chi connectivity index (χ4n) is 5.18. The molecule has 1 aliphatic carbocycles. The summed E-state index contributed by atoms with van der Waals surface area (Å²) in [5, 5.41) is 15.4. The van der Waals surface area contributed by atoms with Crippen LogP contribution in [-0.2, 0) is 23.9 Å². The van der Waals surface area contributed by atoms with Crippen molar-refractivity contribution in [2.75, 3.05) is 13.2 Å². The number of alkyl halides is 2. The van der Waals surface area contributed by atoms with E-state index in [0.29, 0.717) is 12.8 Å². The van der Waals surface area contributed by atoms with Crippen molar-refractivity contribution < 1.29 is 42.5 Å². The molecule has 2 saturated heterocycles. The summed E-state index contributed by atoms with van der Waals surface area (Å²) in [5.74, 6) is -5.93. The Labute approximate surface area is 215 Å². The number of hydrogen-bond acceptors (Lipinski definition) is 7. The van der Waals surface area contributed by atoms with Crippen molar-refractivity contribution in [1.82, 2.24) is 15.5 Å². The van der Waals surface area contributed by atoms with Gasteiger partial charge in [0, 0.05) is 31.7 Å². The fourth-order valence-corrected chi connectivity index (χ4v) is 5.18. The Morgan fingerprint density at radius 1 is 1.19 bits per heavy atom. The van der Waals surface area contributed by atoms with E-state index in [-0.39, 0.29) is 38.8 Å². The number of rotatable bonds is 3. The fraction of sp³-hybridized carbons (Fsp3) is 0.840. The number of carbonyl (C=O) groups is 4. The molecular formula is C25H39F2N3O7. The topological polar surface area (TPSA) is 134 Å². The highest BCUT2D eigenvalue weighted by Gasteiger charge is 2.65. The highest BCUT2D eigenvalue weighted by molar-refractivity contribution is 5.96. The molecule has 3 aliphatic rings. The van der Waals surface area contributed by atoms with Crippen LogP contribution in [0.25, 0.3) is 0 Å². The van der Waals surface area contributed by atoms with E-state index in [1.54, 1.807) is 27.7 Å². The Morgan fingerprint density at radius 3 is 2.54 bits per heavy atom. The second-order valence-electron chi connectivity index (χ2n) is 11.3. The molecule has 10 nitrogen and oxygen atoms in total. The van der Waals surface area contributed by atoms with Gasteiger partial charge < -0.3 is 30.1 Å². The van der Waals surface area contributed by atoms with E-state index in [1.165, 1.54) is 4.90 Å². The van der Waals surface area contributed by atoms with Crippen LogP contribution in [0.15, 0.2) is 0 Å². The molecule has 2 aliphatic heterocycles. The monoisotopic (exact) mass is 531 g/mol. The van der Waals surface area contributed by atoms with E-state index in [2.05, 4.69) is 10.6 Å². The average molecular weight is 532 g/mol. The van der Waals surface area contributed by atoms with Gasteiger partial charge in [0.05, 0.1) is 12.7 Å². The predicted octanol–water partition coefficient (Wildman–Crippen LogP) is 2.27. The number of halogens is 2. The predicted molar refractivity (Wildman–Crippen MR) is 128 cm³/mol. The van der Waals surface area contributed by atoms with Gasteiger partial charge in [0.25, 0.3) is 0 Å². The standard InChI is InChI=1S/C25H39F2N3O7/c1-5-36-21(34)25-13-15(25)12-24(26,27)10-8-6-7-9-17(28-22(35)37-23(2,3)4)20(33)30-14-16(31)11-18(30)19(32)29-25/h15-18,31H,5-14H2,1-4H3,(H,28,35)(H,29,32). The molecule has 0 spiro atoms. The molecule has 5 atom stereocenters. The molecular weight excluding hydrogens is 492 g/mol. The van der Waals surface area contributed by atoms with Gasteiger partial charge in [-0.15, -0.1) is 0 Å². The number of nitrogens with one attached hydrogen (secondary N) is 2. The third-order valence-corrected chi connectivity index (χ3v) is 7.03. The second kappa shape index (κ2) is 11.1. The van der Waals surface area contributed by atoms with E-state index in [0.717, 1.165) is 0 Å². The molecule has 3 rings (SSSR count). The van der Waals surface area contributed by atoms with Crippen molar-refractivity contribution in [3.05, 3.63) is 0 Å². The SMILES string of the molecule is CCOC(=O)C12CC1CC(F)(F)CCCCCC(NC(=O)OC(C)(C)C)C(=O)N1CC(O)CC1C(=O)N2. The van der Waals surface area contributed by atoms with Gasteiger partial charge in [0.15, 0.2) is 0 Å². The van der Waals surface area contributed by atoms with Crippen LogP contribution in [0.3, 0.4) is 0 Å². The number of hydrogen-bond donors (Lipinski definition) is 3. The van der Waals surface area contributed by atoms with E-state index in [1.807, 2.05) is 0 Å². The first-order valence-electron chi connectivity index (χ1n) is 13.0. The molecule has 37 heavy (non-hydrogen) atoms. The van der Waals surface area contributed by atoms with Gasteiger partial charge in [-0.2, -0.15) is 0 Å². The first-order valence-corrected chi connectivity index (χ1v) is 13.0. The lowest BCUT2D eigenvalue weighted by Crippen LogP contribution is -2.57. The minimum Gasteiger partial charge on any atom is -0.464 e. The third kappa shape index (κ3) is 7.30. The van der Waals surface area contributed by atoms with E-state index >= 15 is 0 Å². The summed E-state index contributed by atoms with van der Waals surface area (Å²) in [6.45, 7) is 6.48. The van der Waals surface area contributed by atoms with Gasteiger partial charge in [-0.05, 0) is 47.0 Å². The number of nitrogens with zero attached hydrogens (tertiary/aromatic N) is 1. The van der Waals surface area contributed by atoms with Gasteiger partial charge in [-0.3, -0.25) is 9.59 Å². The Hall–Kier alpha value is -2.50. The molecule has 0 aromatic carbocycles. The highest BCUT2D eigenvalue weighted by atomic mass is 19.3. The maximum atomic E-state index is 14.7. The molecule has 210 valence electrons. The number of carbonyl (C=O) groups excluding carboxylic acids is 4. The van der Waals surface area contributed by atoms with Crippen LogP contribution in [0.5, 0.6) is 0 Å². The zero-order valence-corrected chi connectivity index (χ0v) is 22.0. The minimum atomic E-state index is -3.04. The molecule has 1 saturated carbocycles. The summed E-state index contributed by atoms with van der Waals surface area (Å²) in [4.78, 5) is 53.2. The maximum absolute atomic E-state index is 14.7. The molecule has 0 bridgehead atoms. The van der Waals surface area contributed by atoms with Crippen LogP contribution >= 0.6 is 0 Å². The molecule has 0 aromatic heterocycles. The van der Waals surface area contributed by atoms with Crippen LogP contribution in [-0.4, -0.2) is 82.3 Å². The van der Waals surface area contributed by atoms with Gasteiger partial charge in [-0.25, -0.2) is 18.4 Å². The van der Waals surface area contributed by atoms with Crippen LogP contribution in [0.1, 0.15) is 79.1 Å². The summed E-state index contributed by atoms with van der Waals surface area (Å²) in [6, 6.07) is -2.21. The number of ether oxygens (including phenoxy) is 2. The average Bonchev–Trinajstić information content (AvgIpc) is 3.28. The van der Waals surface area contributed by atoms with Gasteiger partial charge >= 0.3 is 12.1 Å². The van der Waals surface area contributed by atoms with Crippen molar-refractivity contribution in [2.45, 2.75) is 114 Å². The van der Waals surface area contributed by atoms with Crippen LogP contribution in [0.2, 0.25) is 0 Å². The Morgan fingerprint density at radius 2 is 1.89 bits per heavy atom. The number of aliphatic hydroxyl groups excluding tert-OH is 1. The van der Waals surface area contributed by atoms with Crippen LogP contribution in [0, 0.1) is 5.92 Å². The van der Waals surface area contributed by atoms with Crippen molar-refractivity contribution in [3.63, 3.8) is 0 Å². The van der Waals surface area contributed by atoms with Gasteiger partial charge in [0.2, 0.25) is 17.7 Å². The molecule has 5 unspecified atom stereocenters. The van der Waals surface area contributed by atoms with E-state index in [4.69, 9.17) is 9.47 Å².